The van der Waals surface area contributed by atoms with E-state index in [-0.39, 0.29) is 24.0 Å². The van der Waals surface area contributed by atoms with Gasteiger partial charge in [-0.2, -0.15) is 0 Å². The highest BCUT2D eigenvalue weighted by Gasteiger charge is 1.99. The van der Waals surface area contributed by atoms with Gasteiger partial charge >= 0.3 is 0 Å². The number of anilines is 1. The average molecular weight is 492 g/mol. The van der Waals surface area contributed by atoms with Gasteiger partial charge in [-0.25, -0.2) is 4.99 Å². The van der Waals surface area contributed by atoms with E-state index in [4.69, 9.17) is 9.47 Å². The van der Waals surface area contributed by atoms with Gasteiger partial charge in [0.25, 0.3) is 0 Å². The minimum absolute atomic E-state index is 0. The predicted octanol–water partition coefficient (Wildman–Crippen LogP) is 3.26. The van der Waals surface area contributed by atoms with Crippen molar-refractivity contribution in [2.45, 2.75) is 33.2 Å². The third-order valence-electron chi connectivity index (χ3n) is 3.77. The molecule has 1 aromatic carbocycles. The van der Waals surface area contributed by atoms with Gasteiger partial charge < -0.3 is 25.0 Å². The minimum Gasteiger partial charge on any atom is -0.379 e. The SMILES string of the molecule is CCCCOCCOCCNC(=NCc1ccc(N(C)C)cc1)NCC.I. The zero-order valence-electron chi connectivity index (χ0n) is 17.3. The van der Waals surface area contributed by atoms with E-state index in [2.05, 4.69) is 58.6 Å². The number of benzene rings is 1. The summed E-state index contributed by atoms with van der Waals surface area (Å²) >= 11 is 0. The van der Waals surface area contributed by atoms with Crippen LogP contribution in [0, 0.1) is 0 Å². The van der Waals surface area contributed by atoms with Crippen molar-refractivity contribution in [2.75, 3.05) is 58.5 Å². The fourth-order valence-corrected chi connectivity index (χ4v) is 2.22. The smallest absolute Gasteiger partial charge is 0.191 e. The van der Waals surface area contributed by atoms with Gasteiger partial charge in [0, 0.05) is 39.5 Å². The van der Waals surface area contributed by atoms with E-state index in [0.717, 1.165) is 38.5 Å². The van der Waals surface area contributed by atoms with Gasteiger partial charge in [0.05, 0.1) is 26.4 Å². The van der Waals surface area contributed by atoms with Crippen LogP contribution in [0.4, 0.5) is 5.69 Å². The van der Waals surface area contributed by atoms with E-state index in [9.17, 15) is 0 Å². The van der Waals surface area contributed by atoms with Gasteiger partial charge in [0.15, 0.2) is 5.96 Å². The summed E-state index contributed by atoms with van der Waals surface area (Å²) in [4.78, 5) is 6.72. The summed E-state index contributed by atoms with van der Waals surface area (Å²) in [5.74, 6) is 0.812. The molecule has 0 aliphatic carbocycles. The second-order valence-electron chi connectivity index (χ2n) is 6.26. The van der Waals surface area contributed by atoms with Crippen LogP contribution in [0.15, 0.2) is 29.3 Å². The second kappa shape index (κ2) is 17.1. The van der Waals surface area contributed by atoms with Crippen molar-refractivity contribution in [2.24, 2.45) is 4.99 Å². The molecule has 0 aliphatic heterocycles. The molecule has 0 amide bonds. The number of rotatable bonds is 13. The number of nitrogens with one attached hydrogen (secondary N) is 2. The summed E-state index contributed by atoms with van der Waals surface area (Å²) in [5, 5.41) is 6.55. The van der Waals surface area contributed by atoms with E-state index in [1.54, 1.807) is 0 Å². The maximum atomic E-state index is 5.57. The quantitative estimate of drug-likeness (QED) is 0.192. The number of aliphatic imine (C=N–C) groups is 1. The zero-order valence-corrected chi connectivity index (χ0v) is 19.6. The average Bonchev–Trinajstić information content (AvgIpc) is 2.65. The summed E-state index contributed by atoms with van der Waals surface area (Å²) < 4.78 is 11.0. The summed E-state index contributed by atoms with van der Waals surface area (Å²) in [5.41, 5.74) is 2.38. The van der Waals surface area contributed by atoms with Gasteiger partial charge in [0.2, 0.25) is 0 Å². The van der Waals surface area contributed by atoms with Gasteiger partial charge in [-0.1, -0.05) is 25.5 Å². The van der Waals surface area contributed by atoms with E-state index < -0.39 is 0 Å². The molecule has 156 valence electrons. The van der Waals surface area contributed by atoms with Crippen LogP contribution >= 0.6 is 24.0 Å². The number of nitrogens with zero attached hydrogens (tertiary/aromatic N) is 2. The minimum atomic E-state index is 0. The van der Waals surface area contributed by atoms with Crippen molar-refractivity contribution in [3.63, 3.8) is 0 Å². The van der Waals surface area contributed by atoms with Crippen molar-refractivity contribution < 1.29 is 9.47 Å². The van der Waals surface area contributed by atoms with Crippen molar-refractivity contribution >= 4 is 35.6 Å². The van der Waals surface area contributed by atoms with E-state index in [1.165, 1.54) is 11.3 Å². The Balaban J connectivity index is 0.00000676. The molecule has 0 heterocycles. The molecular weight excluding hydrogens is 455 g/mol. The number of ether oxygens (including phenoxy) is 2. The number of hydrogen-bond donors (Lipinski definition) is 2. The summed E-state index contributed by atoms with van der Waals surface area (Å²) in [6.07, 6.45) is 2.28. The van der Waals surface area contributed by atoms with Crippen molar-refractivity contribution in [3.8, 4) is 0 Å². The molecule has 2 N–H and O–H groups in total. The highest BCUT2D eigenvalue weighted by Crippen LogP contribution is 2.12. The molecule has 27 heavy (non-hydrogen) atoms. The molecule has 7 heteroatoms. The van der Waals surface area contributed by atoms with Crippen LogP contribution in [0.2, 0.25) is 0 Å². The van der Waals surface area contributed by atoms with Gasteiger partial charge in [-0.3, -0.25) is 0 Å². The molecule has 0 saturated carbocycles. The van der Waals surface area contributed by atoms with Crippen LogP contribution < -0.4 is 15.5 Å². The van der Waals surface area contributed by atoms with Crippen LogP contribution in [0.25, 0.3) is 0 Å². The van der Waals surface area contributed by atoms with Crippen molar-refractivity contribution in [3.05, 3.63) is 29.8 Å². The largest absolute Gasteiger partial charge is 0.379 e. The first kappa shape index (κ1) is 25.9. The van der Waals surface area contributed by atoms with Gasteiger partial charge in [-0.05, 0) is 31.0 Å². The number of unbranched alkanes of at least 4 members (excludes halogenated alkanes) is 1. The van der Waals surface area contributed by atoms with Crippen LogP contribution in [0.5, 0.6) is 0 Å². The highest BCUT2D eigenvalue weighted by molar-refractivity contribution is 14.0. The Morgan fingerprint density at radius 2 is 1.63 bits per heavy atom. The van der Waals surface area contributed by atoms with E-state index in [0.29, 0.717) is 26.4 Å². The maximum Gasteiger partial charge on any atom is 0.191 e. The molecule has 0 unspecified atom stereocenters. The third kappa shape index (κ3) is 12.9. The molecule has 0 aromatic heterocycles. The molecule has 0 atom stereocenters. The first-order chi connectivity index (χ1) is 12.7. The molecule has 0 spiro atoms. The Kier molecular flexibility index (Phi) is 16.4. The van der Waals surface area contributed by atoms with E-state index in [1.807, 2.05) is 14.1 Å². The predicted molar refractivity (Wildman–Crippen MR) is 126 cm³/mol. The molecule has 0 bridgehead atoms. The number of guanidine groups is 1. The molecular formula is C20H37IN4O2. The fraction of sp³-hybridized carbons (Fsp3) is 0.650. The van der Waals surface area contributed by atoms with Crippen LogP contribution in [0.3, 0.4) is 0 Å². The summed E-state index contributed by atoms with van der Waals surface area (Å²) in [7, 11) is 4.08. The monoisotopic (exact) mass is 492 g/mol. The lowest BCUT2D eigenvalue weighted by atomic mass is 10.2. The standard InChI is InChI=1S/C20H36N4O2.HI/c1-5-7-13-25-15-16-26-14-12-22-20(21-6-2)23-17-18-8-10-19(11-9-18)24(3)4;/h8-11H,5-7,12-17H2,1-4H3,(H2,21,22,23);1H. The maximum absolute atomic E-state index is 5.57. The topological polar surface area (TPSA) is 58.1 Å². The summed E-state index contributed by atoms with van der Waals surface area (Å²) in [6, 6.07) is 8.46. The molecule has 0 fully saturated rings. The van der Waals surface area contributed by atoms with Gasteiger partial charge in [0.1, 0.15) is 0 Å². The zero-order chi connectivity index (χ0) is 19.0. The van der Waals surface area contributed by atoms with Crippen LogP contribution in [0.1, 0.15) is 32.3 Å². The number of hydrogen-bond acceptors (Lipinski definition) is 4. The van der Waals surface area contributed by atoms with Crippen LogP contribution in [-0.2, 0) is 16.0 Å². The first-order valence-electron chi connectivity index (χ1n) is 9.61. The lowest BCUT2D eigenvalue weighted by molar-refractivity contribution is 0.0487. The number of halogens is 1. The Bertz CT molecular complexity index is 495. The molecule has 0 aliphatic rings. The molecule has 0 radical (unpaired) electrons. The molecule has 0 saturated heterocycles. The van der Waals surface area contributed by atoms with Crippen molar-refractivity contribution in [1.29, 1.82) is 0 Å². The fourth-order valence-electron chi connectivity index (χ4n) is 2.22. The molecule has 1 aromatic rings. The summed E-state index contributed by atoms with van der Waals surface area (Å²) in [6.45, 7) is 9.19. The normalized spacial score (nSPS) is 11.0. The highest BCUT2D eigenvalue weighted by atomic mass is 127. The third-order valence-corrected chi connectivity index (χ3v) is 3.77. The first-order valence-corrected chi connectivity index (χ1v) is 9.61. The molecule has 1 rings (SSSR count). The van der Waals surface area contributed by atoms with Gasteiger partial charge in [-0.15, -0.1) is 24.0 Å². The van der Waals surface area contributed by atoms with Crippen molar-refractivity contribution in [1.82, 2.24) is 10.6 Å². The Labute approximate surface area is 182 Å². The lowest BCUT2D eigenvalue weighted by Gasteiger charge is -2.13. The van der Waals surface area contributed by atoms with Crippen LogP contribution in [-0.4, -0.2) is 59.6 Å². The second-order valence-corrected chi connectivity index (χ2v) is 6.26. The lowest BCUT2D eigenvalue weighted by Crippen LogP contribution is -2.39. The van der Waals surface area contributed by atoms with E-state index >= 15 is 0 Å². The molecule has 6 nitrogen and oxygen atoms in total. The Morgan fingerprint density at radius 3 is 2.22 bits per heavy atom. The Hall–Kier alpha value is -1.06. The Morgan fingerprint density at radius 1 is 0.963 bits per heavy atom.